The average Bonchev–Trinajstić information content (AvgIpc) is 3.25. The molecule has 1 N–H and O–H groups in total. The zero-order valence-electron chi connectivity index (χ0n) is 22.7. The second-order valence-electron chi connectivity index (χ2n) is 8.73. The van der Waals surface area contributed by atoms with Gasteiger partial charge in [-0.1, -0.05) is 42.2 Å². The average molecular weight is 593 g/mol. The number of thioether (sulfide) groups is 1. The van der Waals surface area contributed by atoms with Crippen molar-refractivity contribution in [3.8, 4) is 11.5 Å². The number of nitro benzene ring substituents is 1. The molecule has 212 valence electrons. The zero-order chi connectivity index (χ0) is 29.5. The SMILES string of the molecule is CCN(CC)c1ccc(/C=C2/SC(=S)N(c3ccccc3OC)C2=O)c(OCC(=O)Nc2cccc([N+](=O)[O-])c2)c1. The topological polar surface area (TPSA) is 114 Å². The molecule has 0 spiro atoms. The highest BCUT2D eigenvalue weighted by atomic mass is 32.2. The number of methoxy groups -OCH3 is 1. The number of thiocarbonyl (C=S) groups is 1. The number of anilines is 3. The molecule has 41 heavy (non-hydrogen) atoms. The molecule has 1 saturated heterocycles. The second kappa shape index (κ2) is 13.3. The van der Waals surface area contributed by atoms with E-state index in [2.05, 4.69) is 10.2 Å². The number of para-hydroxylation sites is 2. The van der Waals surface area contributed by atoms with Crippen molar-refractivity contribution in [2.45, 2.75) is 13.8 Å². The molecule has 0 radical (unpaired) electrons. The summed E-state index contributed by atoms with van der Waals surface area (Å²) in [5.41, 5.74) is 2.17. The molecule has 3 aromatic carbocycles. The fraction of sp³-hybridized carbons (Fsp3) is 0.207. The summed E-state index contributed by atoms with van der Waals surface area (Å²) in [7, 11) is 1.53. The summed E-state index contributed by atoms with van der Waals surface area (Å²) in [5, 5.41) is 13.7. The largest absolute Gasteiger partial charge is 0.495 e. The molecule has 10 nitrogen and oxygen atoms in total. The van der Waals surface area contributed by atoms with E-state index in [0.717, 1.165) is 30.5 Å². The molecular formula is C29H28N4O6S2. The number of hydrogen-bond acceptors (Lipinski definition) is 9. The Balaban J connectivity index is 1.60. The van der Waals surface area contributed by atoms with E-state index in [4.69, 9.17) is 21.7 Å². The molecule has 0 bridgehead atoms. The van der Waals surface area contributed by atoms with E-state index in [1.807, 2.05) is 38.1 Å². The van der Waals surface area contributed by atoms with E-state index in [9.17, 15) is 19.7 Å². The first-order chi connectivity index (χ1) is 19.7. The highest BCUT2D eigenvalue weighted by Crippen LogP contribution is 2.40. The number of ether oxygens (including phenoxy) is 2. The normalized spacial score (nSPS) is 13.8. The number of carbonyl (C=O) groups is 2. The number of non-ortho nitro benzene ring substituents is 1. The Labute approximate surface area is 247 Å². The highest BCUT2D eigenvalue weighted by Gasteiger charge is 2.35. The van der Waals surface area contributed by atoms with Gasteiger partial charge in [-0.2, -0.15) is 0 Å². The van der Waals surface area contributed by atoms with Crippen molar-refractivity contribution in [2.75, 3.05) is 41.9 Å². The van der Waals surface area contributed by atoms with Crippen molar-refractivity contribution in [3.05, 3.63) is 87.3 Å². The van der Waals surface area contributed by atoms with Crippen LogP contribution in [0.4, 0.5) is 22.7 Å². The van der Waals surface area contributed by atoms with Gasteiger partial charge in [0, 0.05) is 48.2 Å². The summed E-state index contributed by atoms with van der Waals surface area (Å²) in [6, 6.07) is 18.4. The molecule has 0 atom stereocenters. The minimum Gasteiger partial charge on any atom is -0.495 e. The van der Waals surface area contributed by atoms with Gasteiger partial charge in [0.25, 0.3) is 17.5 Å². The Hall–Kier alpha value is -4.42. The molecular weight excluding hydrogens is 564 g/mol. The quantitative estimate of drug-likeness (QED) is 0.126. The van der Waals surface area contributed by atoms with Gasteiger partial charge in [-0.05, 0) is 50.3 Å². The van der Waals surface area contributed by atoms with Crippen molar-refractivity contribution in [3.63, 3.8) is 0 Å². The Morgan fingerprint density at radius 3 is 2.56 bits per heavy atom. The van der Waals surface area contributed by atoms with Crippen molar-refractivity contribution < 1.29 is 24.0 Å². The van der Waals surface area contributed by atoms with Crippen LogP contribution in [-0.4, -0.2) is 47.9 Å². The van der Waals surface area contributed by atoms with Crippen molar-refractivity contribution in [2.24, 2.45) is 0 Å². The van der Waals surface area contributed by atoms with Gasteiger partial charge in [0.1, 0.15) is 11.5 Å². The summed E-state index contributed by atoms with van der Waals surface area (Å²) < 4.78 is 11.7. The summed E-state index contributed by atoms with van der Waals surface area (Å²) in [4.78, 5) is 40.6. The number of amides is 2. The first-order valence-corrected chi connectivity index (χ1v) is 13.9. The van der Waals surface area contributed by atoms with Crippen molar-refractivity contribution >= 4 is 68.9 Å². The third-order valence-corrected chi connectivity index (χ3v) is 7.53. The van der Waals surface area contributed by atoms with Crippen LogP contribution < -0.4 is 24.6 Å². The van der Waals surface area contributed by atoms with Gasteiger partial charge >= 0.3 is 0 Å². The number of benzene rings is 3. The van der Waals surface area contributed by atoms with E-state index in [1.165, 1.54) is 30.2 Å². The molecule has 4 rings (SSSR count). The smallest absolute Gasteiger partial charge is 0.271 e. The van der Waals surface area contributed by atoms with Crippen LogP contribution in [0.25, 0.3) is 6.08 Å². The van der Waals surface area contributed by atoms with Gasteiger partial charge in [-0.15, -0.1) is 0 Å². The first kappa shape index (κ1) is 29.6. The second-order valence-corrected chi connectivity index (χ2v) is 10.4. The summed E-state index contributed by atoms with van der Waals surface area (Å²) in [6.45, 7) is 5.24. The molecule has 3 aromatic rings. The third-order valence-electron chi connectivity index (χ3n) is 6.23. The predicted octanol–water partition coefficient (Wildman–Crippen LogP) is 5.87. The summed E-state index contributed by atoms with van der Waals surface area (Å²) >= 11 is 6.69. The number of nitrogens with zero attached hydrogens (tertiary/aromatic N) is 3. The minimum atomic E-state index is -0.534. The lowest BCUT2D eigenvalue weighted by Crippen LogP contribution is -2.27. The minimum absolute atomic E-state index is 0.136. The maximum absolute atomic E-state index is 13.4. The molecule has 0 unspecified atom stereocenters. The van der Waals surface area contributed by atoms with Crippen LogP contribution in [0.1, 0.15) is 19.4 Å². The monoisotopic (exact) mass is 592 g/mol. The van der Waals surface area contributed by atoms with E-state index in [-0.39, 0.29) is 23.9 Å². The fourth-order valence-electron chi connectivity index (χ4n) is 4.22. The molecule has 0 aromatic heterocycles. The van der Waals surface area contributed by atoms with Gasteiger partial charge in [-0.25, -0.2) is 0 Å². The van der Waals surface area contributed by atoms with E-state index in [1.54, 1.807) is 30.3 Å². The van der Waals surface area contributed by atoms with Crippen LogP contribution in [0.5, 0.6) is 11.5 Å². The Kier molecular flexibility index (Phi) is 9.58. The van der Waals surface area contributed by atoms with Gasteiger partial charge in [0.2, 0.25) is 0 Å². The predicted molar refractivity (Wildman–Crippen MR) is 166 cm³/mol. The molecule has 2 amide bonds. The molecule has 1 fully saturated rings. The number of nitro groups is 1. The number of carbonyl (C=O) groups excluding carboxylic acids is 2. The molecule has 0 aliphatic carbocycles. The van der Waals surface area contributed by atoms with Crippen LogP contribution in [0.15, 0.2) is 71.6 Å². The molecule has 1 aliphatic heterocycles. The molecule has 1 aliphatic rings. The highest BCUT2D eigenvalue weighted by molar-refractivity contribution is 8.27. The van der Waals surface area contributed by atoms with Crippen molar-refractivity contribution in [1.29, 1.82) is 0 Å². The van der Waals surface area contributed by atoms with E-state index in [0.29, 0.717) is 32.0 Å². The van der Waals surface area contributed by atoms with Crippen LogP contribution in [0, 0.1) is 10.1 Å². The zero-order valence-corrected chi connectivity index (χ0v) is 24.3. The number of rotatable bonds is 11. The maximum atomic E-state index is 13.4. The molecule has 12 heteroatoms. The molecule has 0 saturated carbocycles. The van der Waals surface area contributed by atoms with Crippen LogP contribution >= 0.6 is 24.0 Å². The van der Waals surface area contributed by atoms with E-state index < -0.39 is 10.8 Å². The van der Waals surface area contributed by atoms with Crippen LogP contribution in [0.2, 0.25) is 0 Å². The van der Waals surface area contributed by atoms with Gasteiger partial charge in [0.05, 0.1) is 22.6 Å². The van der Waals surface area contributed by atoms with Gasteiger partial charge < -0.3 is 19.7 Å². The van der Waals surface area contributed by atoms with E-state index >= 15 is 0 Å². The van der Waals surface area contributed by atoms with Crippen LogP contribution in [0.3, 0.4) is 0 Å². The lowest BCUT2D eigenvalue weighted by atomic mass is 10.1. The van der Waals surface area contributed by atoms with Gasteiger partial charge in [0.15, 0.2) is 10.9 Å². The number of nitrogens with one attached hydrogen (secondary N) is 1. The molecule has 1 heterocycles. The fourth-order valence-corrected chi connectivity index (χ4v) is 5.50. The Morgan fingerprint density at radius 1 is 1.10 bits per heavy atom. The van der Waals surface area contributed by atoms with Crippen LogP contribution in [-0.2, 0) is 9.59 Å². The standard InChI is InChI=1S/C29H28N4O6S2/c1-4-31(5-2)21-14-13-19(15-26-28(35)32(29(40)41-26)23-11-6-7-12-24(23)38-3)25(17-21)39-18-27(34)30-20-9-8-10-22(16-20)33(36)37/h6-17H,4-5,18H2,1-3H3,(H,30,34)/b26-15+. The van der Waals surface area contributed by atoms with Gasteiger partial charge in [-0.3, -0.25) is 24.6 Å². The Bertz CT molecular complexity index is 1520. The Morgan fingerprint density at radius 2 is 1.85 bits per heavy atom. The first-order valence-electron chi connectivity index (χ1n) is 12.7. The lowest BCUT2D eigenvalue weighted by molar-refractivity contribution is -0.384. The lowest BCUT2D eigenvalue weighted by Gasteiger charge is -2.22. The number of hydrogen-bond donors (Lipinski definition) is 1. The van der Waals surface area contributed by atoms with Crippen molar-refractivity contribution in [1.82, 2.24) is 0 Å². The maximum Gasteiger partial charge on any atom is 0.271 e. The third kappa shape index (κ3) is 6.84. The summed E-state index contributed by atoms with van der Waals surface area (Å²) in [6.07, 6.45) is 1.69. The summed E-state index contributed by atoms with van der Waals surface area (Å²) in [5.74, 6) is 0.123.